The van der Waals surface area contributed by atoms with Gasteiger partial charge in [0.05, 0.1) is 6.10 Å². The minimum atomic E-state index is -0.251. The first-order chi connectivity index (χ1) is 9.25. The van der Waals surface area contributed by atoms with Crippen LogP contribution >= 0.6 is 0 Å². The molecule has 4 heteroatoms. The maximum atomic E-state index is 12.3. The molecule has 1 amide bonds. The van der Waals surface area contributed by atoms with E-state index in [-0.39, 0.29) is 23.3 Å². The molecule has 1 aliphatic rings. The Morgan fingerprint density at radius 1 is 1.40 bits per heavy atom. The number of piperidine rings is 1. The number of likely N-dealkylation sites (tertiary alicyclic amines) is 1. The third kappa shape index (κ3) is 5.06. The van der Waals surface area contributed by atoms with Gasteiger partial charge in [0.2, 0.25) is 5.91 Å². The summed E-state index contributed by atoms with van der Waals surface area (Å²) in [6, 6.07) is 0. The number of rotatable bonds is 5. The number of aliphatic hydroxyl groups excluding tert-OH is 1. The van der Waals surface area contributed by atoms with E-state index in [0.717, 1.165) is 12.8 Å². The number of hydrogen-bond donors (Lipinski definition) is 2. The minimum absolute atomic E-state index is 0.190. The monoisotopic (exact) mass is 284 g/mol. The molecule has 0 aromatic carbocycles. The molecule has 1 fully saturated rings. The van der Waals surface area contributed by atoms with Gasteiger partial charge in [-0.25, -0.2) is 0 Å². The van der Waals surface area contributed by atoms with Crippen molar-refractivity contribution >= 4 is 5.91 Å². The van der Waals surface area contributed by atoms with Gasteiger partial charge < -0.3 is 15.7 Å². The second-order valence-electron chi connectivity index (χ2n) is 7.35. The fraction of sp³-hybridized carbons (Fsp3) is 0.938. The molecule has 0 spiro atoms. The Morgan fingerprint density at radius 3 is 2.55 bits per heavy atom. The maximum absolute atomic E-state index is 12.3. The van der Waals surface area contributed by atoms with Crippen LogP contribution in [0, 0.1) is 17.3 Å². The molecule has 118 valence electrons. The van der Waals surface area contributed by atoms with Crippen molar-refractivity contribution in [2.75, 3.05) is 19.6 Å². The zero-order chi connectivity index (χ0) is 15.3. The van der Waals surface area contributed by atoms with E-state index in [0.29, 0.717) is 38.4 Å². The van der Waals surface area contributed by atoms with Crippen LogP contribution < -0.4 is 5.73 Å². The molecule has 0 aliphatic carbocycles. The molecule has 4 nitrogen and oxygen atoms in total. The fourth-order valence-electron chi connectivity index (χ4n) is 3.03. The smallest absolute Gasteiger partial charge is 0.222 e. The number of nitrogens with zero attached hydrogens (tertiary/aromatic N) is 1. The van der Waals surface area contributed by atoms with Crippen LogP contribution in [0.25, 0.3) is 0 Å². The summed E-state index contributed by atoms with van der Waals surface area (Å²) in [5.41, 5.74) is 5.89. The third-order valence-corrected chi connectivity index (χ3v) is 4.66. The summed E-state index contributed by atoms with van der Waals surface area (Å²) in [6.07, 6.45) is 2.95. The average molecular weight is 284 g/mol. The summed E-state index contributed by atoms with van der Waals surface area (Å²) in [4.78, 5) is 14.2. The second kappa shape index (κ2) is 7.41. The highest BCUT2D eigenvalue weighted by molar-refractivity contribution is 5.76. The summed E-state index contributed by atoms with van der Waals surface area (Å²) >= 11 is 0. The summed E-state index contributed by atoms with van der Waals surface area (Å²) in [5, 5.41) is 9.72. The maximum Gasteiger partial charge on any atom is 0.222 e. The van der Waals surface area contributed by atoms with Crippen LogP contribution in [0.4, 0.5) is 0 Å². The molecule has 0 aromatic heterocycles. The van der Waals surface area contributed by atoms with E-state index in [9.17, 15) is 9.90 Å². The van der Waals surface area contributed by atoms with Gasteiger partial charge >= 0.3 is 0 Å². The van der Waals surface area contributed by atoms with Gasteiger partial charge in [-0.05, 0) is 43.1 Å². The normalized spacial score (nSPS) is 25.6. The van der Waals surface area contributed by atoms with Crippen LogP contribution in [-0.2, 0) is 4.79 Å². The van der Waals surface area contributed by atoms with Gasteiger partial charge in [0.15, 0.2) is 0 Å². The lowest BCUT2D eigenvalue weighted by Gasteiger charge is -2.35. The first-order valence-electron chi connectivity index (χ1n) is 7.91. The predicted octanol–water partition coefficient (Wildman–Crippen LogP) is 2.01. The van der Waals surface area contributed by atoms with Crippen LogP contribution in [0.5, 0.6) is 0 Å². The van der Waals surface area contributed by atoms with Crippen molar-refractivity contribution in [2.24, 2.45) is 23.0 Å². The van der Waals surface area contributed by atoms with Crippen molar-refractivity contribution in [3.05, 3.63) is 0 Å². The van der Waals surface area contributed by atoms with Gasteiger partial charge in [-0.1, -0.05) is 27.7 Å². The van der Waals surface area contributed by atoms with Gasteiger partial charge in [-0.2, -0.15) is 0 Å². The molecule has 20 heavy (non-hydrogen) atoms. The number of carbonyl (C=O) groups excluding carboxylic acids is 1. The van der Waals surface area contributed by atoms with Crippen molar-refractivity contribution in [2.45, 2.75) is 59.5 Å². The van der Waals surface area contributed by atoms with Crippen molar-refractivity contribution in [3.63, 3.8) is 0 Å². The van der Waals surface area contributed by atoms with Crippen LogP contribution in [-0.4, -0.2) is 41.7 Å². The summed E-state index contributed by atoms with van der Waals surface area (Å²) in [7, 11) is 0. The third-order valence-electron chi connectivity index (χ3n) is 4.66. The van der Waals surface area contributed by atoms with Crippen LogP contribution in [0.15, 0.2) is 0 Å². The Hall–Kier alpha value is -0.610. The Labute approximate surface area is 123 Å². The lowest BCUT2D eigenvalue weighted by molar-refractivity contribution is -0.135. The van der Waals surface area contributed by atoms with Crippen LogP contribution in [0.3, 0.4) is 0 Å². The molecular weight excluding hydrogens is 252 g/mol. The number of amides is 1. The van der Waals surface area contributed by atoms with E-state index in [1.807, 2.05) is 11.8 Å². The highest BCUT2D eigenvalue weighted by Gasteiger charge is 2.29. The molecule has 0 saturated carbocycles. The number of aliphatic hydroxyl groups is 1. The van der Waals surface area contributed by atoms with E-state index in [1.165, 1.54) is 0 Å². The number of hydrogen-bond acceptors (Lipinski definition) is 3. The van der Waals surface area contributed by atoms with Crippen molar-refractivity contribution in [1.82, 2.24) is 4.90 Å². The summed E-state index contributed by atoms with van der Waals surface area (Å²) in [6.45, 7) is 10.7. The number of carbonyl (C=O) groups is 1. The Morgan fingerprint density at radius 2 is 2.05 bits per heavy atom. The van der Waals surface area contributed by atoms with Crippen molar-refractivity contribution in [1.29, 1.82) is 0 Å². The SMILES string of the molecule is CC1CN(C(=O)CCC(CCN)C(C)(C)C)CCC1O. The Kier molecular flexibility index (Phi) is 6.46. The number of nitrogens with two attached hydrogens (primary N) is 1. The first kappa shape index (κ1) is 17.4. The van der Waals surface area contributed by atoms with Gasteiger partial charge in [0.25, 0.3) is 0 Å². The Bertz CT molecular complexity index is 312. The molecule has 1 heterocycles. The topological polar surface area (TPSA) is 66.6 Å². The molecule has 1 rings (SSSR count). The molecule has 3 N–H and O–H groups in total. The van der Waals surface area contributed by atoms with Crippen molar-refractivity contribution < 1.29 is 9.90 Å². The zero-order valence-corrected chi connectivity index (χ0v) is 13.6. The van der Waals surface area contributed by atoms with Crippen molar-refractivity contribution in [3.8, 4) is 0 Å². The minimum Gasteiger partial charge on any atom is -0.393 e. The largest absolute Gasteiger partial charge is 0.393 e. The highest BCUT2D eigenvalue weighted by atomic mass is 16.3. The molecule has 1 saturated heterocycles. The second-order valence-corrected chi connectivity index (χ2v) is 7.35. The molecule has 0 aromatic rings. The lowest BCUT2D eigenvalue weighted by atomic mass is 9.76. The Balaban J connectivity index is 2.45. The first-order valence-corrected chi connectivity index (χ1v) is 7.91. The van der Waals surface area contributed by atoms with E-state index >= 15 is 0 Å². The van der Waals surface area contributed by atoms with E-state index < -0.39 is 0 Å². The summed E-state index contributed by atoms with van der Waals surface area (Å²) in [5.74, 6) is 0.912. The van der Waals surface area contributed by atoms with Gasteiger partial charge in [0.1, 0.15) is 0 Å². The zero-order valence-electron chi connectivity index (χ0n) is 13.6. The standard InChI is InChI=1S/C16H32N2O2/c1-12-11-18(10-8-14(12)19)15(20)6-5-13(7-9-17)16(2,3)4/h12-14,19H,5-11,17H2,1-4H3. The molecule has 1 aliphatic heterocycles. The van der Waals surface area contributed by atoms with Crippen LogP contribution in [0.1, 0.15) is 53.4 Å². The quantitative estimate of drug-likeness (QED) is 0.811. The van der Waals surface area contributed by atoms with Gasteiger partial charge in [-0.15, -0.1) is 0 Å². The molecule has 0 radical (unpaired) electrons. The highest BCUT2D eigenvalue weighted by Crippen LogP contribution is 2.32. The molecule has 3 unspecified atom stereocenters. The van der Waals surface area contributed by atoms with E-state index in [1.54, 1.807) is 0 Å². The van der Waals surface area contributed by atoms with Gasteiger partial charge in [-0.3, -0.25) is 4.79 Å². The van der Waals surface area contributed by atoms with E-state index in [2.05, 4.69) is 20.8 Å². The lowest BCUT2D eigenvalue weighted by Crippen LogP contribution is -2.45. The van der Waals surface area contributed by atoms with Gasteiger partial charge in [0, 0.05) is 19.5 Å². The molecular formula is C16H32N2O2. The molecule has 3 atom stereocenters. The summed E-state index contributed by atoms with van der Waals surface area (Å²) < 4.78 is 0. The van der Waals surface area contributed by atoms with E-state index in [4.69, 9.17) is 5.73 Å². The fourth-order valence-corrected chi connectivity index (χ4v) is 3.03. The predicted molar refractivity (Wildman–Crippen MR) is 82.2 cm³/mol. The average Bonchev–Trinajstić information content (AvgIpc) is 2.36. The van der Waals surface area contributed by atoms with Crippen LogP contribution in [0.2, 0.25) is 0 Å². The molecule has 0 bridgehead atoms.